The lowest BCUT2D eigenvalue weighted by molar-refractivity contribution is -0.384. The number of hydrogen-bond acceptors (Lipinski definition) is 5. The molecule has 1 aromatic rings. The van der Waals surface area contributed by atoms with Gasteiger partial charge in [-0.3, -0.25) is 10.1 Å². The van der Waals surface area contributed by atoms with Gasteiger partial charge in [0.05, 0.1) is 11.0 Å². The molecule has 6 nitrogen and oxygen atoms in total. The van der Waals surface area contributed by atoms with Gasteiger partial charge >= 0.3 is 0 Å². The molecule has 1 aliphatic rings. The molecular formula is C13H18N2O4. The van der Waals surface area contributed by atoms with Crippen LogP contribution >= 0.6 is 0 Å². The molecule has 104 valence electrons. The number of hydrogen-bond donors (Lipinski definition) is 2. The number of rotatable bonds is 4. The van der Waals surface area contributed by atoms with Crippen molar-refractivity contribution in [3.05, 3.63) is 33.9 Å². The van der Waals surface area contributed by atoms with E-state index < -0.39 is 11.0 Å². The summed E-state index contributed by atoms with van der Waals surface area (Å²) in [5, 5.41) is 29.8. The molecule has 0 spiro atoms. The van der Waals surface area contributed by atoms with Crippen LogP contribution in [-0.2, 0) is 0 Å². The smallest absolute Gasteiger partial charge is 0.292 e. The molecule has 1 aromatic carbocycles. The molecular weight excluding hydrogens is 248 g/mol. The summed E-state index contributed by atoms with van der Waals surface area (Å²) in [6.07, 6.45) is 0.114. The lowest BCUT2D eigenvalue weighted by atomic mass is 10.1. The molecule has 0 aliphatic carbocycles. The van der Waals surface area contributed by atoms with Gasteiger partial charge in [-0.05, 0) is 25.0 Å². The fraction of sp³-hybridized carbons (Fsp3) is 0.538. The van der Waals surface area contributed by atoms with Crippen LogP contribution in [0.25, 0.3) is 0 Å². The standard InChI is InChI=1S/C13H18N2O4/c1-9(17)11-2-3-12(13(6-11)15(18)19)14-5-4-10(7-14)8-16/h2-3,6,9-10,16-17H,4-5,7-8H2,1H3/t9-,10?/m0/s1. The molecule has 1 fully saturated rings. The first-order chi connectivity index (χ1) is 9.02. The number of aliphatic hydroxyl groups is 2. The Hall–Kier alpha value is -1.66. The first-order valence-corrected chi connectivity index (χ1v) is 6.35. The highest BCUT2D eigenvalue weighted by atomic mass is 16.6. The highest BCUT2D eigenvalue weighted by Crippen LogP contribution is 2.34. The molecule has 0 radical (unpaired) electrons. The van der Waals surface area contributed by atoms with E-state index in [-0.39, 0.29) is 18.2 Å². The second-order valence-electron chi connectivity index (χ2n) is 4.96. The average Bonchev–Trinajstić information content (AvgIpc) is 2.86. The maximum absolute atomic E-state index is 11.2. The van der Waals surface area contributed by atoms with Gasteiger partial charge in [0.25, 0.3) is 5.69 Å². The molecule has 0 amide bonds. The number of nitrogens with zero attached hydrogens (tertiary/aromatic N) is 2. The van der Waals surface area contributed by atoms with Crippen molar-refractivity contribution in [1.29, 1.82) is 0 Å². The number of nitro benzene ring substituents is 1. The van der Waals surface area contributed by atoms with Crippen molar-refractivity contribution in [3.8, 4) is 0 Å². The van der Waals surface area contributed by atoms with Crippen molar-refractivity contribution in [2.24, 2.45) is 5.92 Å². The number of aliphatic hydroxyl groups excluding tert-OH is 2. The van der Waals surface area contributed by atoms with Gasteiger partial charge in [-0.2, -0.15) is 0 Å². The zero-order chi connectivity index (χ0) is 14.0. The first-order valence-electron chi connectivity index (χ1n) is 6.35. The lowest BCUT2D eigenvalue weighted by Gasteiger charge is -2.19. The van der Waals surface area contributed by atoms with Crippen LogP contribution in [0.3, 0.4) is 0 Å². The predicted octanol–water partition coefficient (Wildman–Crippen LogP) is 1.47. The van der Waals surface area contributed by atoms with Crippen molar-refractivity contribution >= 4 is 11.4 Å². The molecule has 2 N–H and O–H groups in total. The third-order valence-electron chi connectivity index (χ3n) is 3.56. The highest BCUT2D eigenvalue weighted by molar-refractivity contribution is 5.65. The van der Waals surface area contributed by atoms with E-state index in [9.17, 15) is 15.2 Å². The Labute approximate surface area is 111 Å². The Kier molecular flexibility index (Phi) is 4.01. The summed E-state index contributed by atoms with van der Waals surface area (Å²) in [5.41, 5.74) is 1.11. The van der Waals surface area contributed by atoms with Crippen LogP contribution in [0.2, 0.25) is 0 Å². The summed E-state index contributed by atoms with van der Waals surface area (Å²) < 4.78 is 0. The Balaban J connectivity index is 2.32. The van der Waals surface area contributed by atoms with E-state index in [0.29, 0.717) is 24.3 Å². The molecule has 6 heteroatoms. The normalized spacial score (nSPS) is 20.6. The molecule has 1 aliphatic heterocycles. The van der Waals surface area contributed by atoms with Crippen molar-refractivity contribution in [2.75, 3.05) is 24.6 Å². The molecule has 0 saturated carbocycles. The average molecular weight is 266 g/mol. The first kappa shape index (κ1) is 13.8. The Morgan fingerprint density at radius 1 is 1.58 bits per heavy atom. The maximum Gasteiger partial charge on any atom is 0.292 e. The van der Waals surface area contributed by atoms with Crippen LogP contribution < -0.4 is 4.90 Å². The minimum absolute atomic E-state index is 0.0111. The predicted molar refractivity (Wildman–Crippen MR) is 71.1 cm³/mol. The maximum atomic E-state index is 11.2. The second-order valence-corrected chi connectivity index (χ2v) is 4.96. The van der Waals surface area contributed by atoms with Crippen molar-refractivity contribution in [1.82, 2.24) is 0 Å². The van der Waals surface area contributed by atoms with Crippen molar-refractivity contribution in [3.63, 3.8) is 0 Å². The van der Waals surface area contributed by atoms with Crippen LogP contribution in [0.1, 0.15) is 25.0 Å². The minimum atomic E-state index is -0.725. The topological polar surface area (TPSA) is 86.8 Å². The number of anilines is 1. The molecule has 19 heavy (non-hydrogen) atoms. The summed E-state index contributed by atoms with van der Waals surface area (Å²) in [4.78, 5) is 12.7. The van der Waals surface area contributed by atoms with Gasteiger partial charge in [-0.1, -0.05) is 6.07 Å². The van der Waals surface area contributed by atoms with Gasteiger partial charge < -0.3 is 15.1 Å². The summed E-state index contributed by atoms with van der Waals surface area (Å²) >= 11 is 0. The highest BCUT2D eigenvalue weighted by Gasteiger charge is 2.27. The molecule has 1 saturated heterocycles. The van der Waals surface area contributed by atoms with Gasteiger partial charge in [0, 0.05) is 31.7 Å². The quantitative estimate of drug-likeness (QED) is 0.636. The van der Waals surface area contributed by atoms with Crippen LogP contribution in [-0.4, -0.2) is 34.8 Å². The Morgan fingerprint density at radius 3 is 2.84 bits per heavy atom. The fourth-order valence-corrected chi connectivity index (χ4v) is 2.41. The SMILES string of the molecule is C[C@H](O)c1ccc(N2CCC(CO)C2)c([N+](=O)[O-])c1. The Morgan fingerprint density at radius 2 is 2.32 bits per heavy atom. The third-order valence-corrected chi connectivity index (χ3v) is 3.56. The van der Waals surface area contributed by atoms with Gasteiger partial charge in [0.2, 0.25) is 0 Å². The van der Waals surface area contributed by atoms with Crippen molar-refractivity contribution in [2.45, 2.75) is 19.4 Å². The van der Waals surface area contributed by atoms with E-state index in [1.54, 1.807) is 19.1 Å². The zero-order valence-electron chi connectivity index (χ0n) is 10.8. The molecule has 2 atom stereocenters. The fourth-order valence-electron chi connectivity index (χ4n) is 2.41. The van der Waals surface area contributed by atoms with Crippen LogP contribution in [0, 0.1) is 16.0 Å². The third kappa shape index (κ3) is 2.85. The molecule has 1 unspecified atom stereocenters. The largest absolute Gasteiger partial charge is 0.396 e. The molecule has 2 rings (SSSR count). The molecule has 0 bridgehead atoms. The Bertz CT molecular complexity index is 476. The van der Waals surface area contributed by atoms with Gasteiger partial charge in [-0.15, -0.1) is 0 Å². The summed E-state index contributed by atoms with van der Waals surface area (Å²) in [5.74, 6) is 0.177. The van der Waals surface area contributed by atoms with E-state index >= 15 is 0 Å². The van der Waals surface area contributed by atoms with Crippen LogP contribution in [0.15, 0.2) is 18.2 Å². The van der Waals surface area contributed by atoms with Gasteiger partial charge in [0.15, 0.2) is 0 Å². The molecule has 1 heterocycles. The summed E-state index contributed by atoms with van der Waals surface area (Å²) in [6.45, 7) is 3.03. The summed E-state index contributed by atoms with van der Waals surface area (Å²) in [6, 6.07) is 4.81. The van der Waals surface area contributed by atoms with E-state index in [1.807, 2.05) is 4.90 Å². The lowest BCUT2D eigenvalue weighted by Crippen LogP contribution is -2.21. The number of benzene rings is 1. The van der Waals surface area contributed by atoms with Crippen molar-refractivity contribution < 1.29 is 15.1 Å². The monoisotopic (exact) mass is 266 g/mol. The zero-order valence-corrected chi connectivity index (χ0v) is 10.8. The number of nitro groups is 1. The van der Waals surface area contributed by atoms with Crippen LogP contribution in [0.4, 0.5) is 11.4 Å². The summed E-state index contributed by atoms with van der Waals surface area (Å²) in [7, 11) is 0. The minimum Gasteiger partial charge on any atom is -0.396 e. The van der Waals surface area contributed by atoms with E-state index in [4.69, 9.17) is 5.11 Å². The van der Waals surface area contributed by atoms with Crippen LogP contribution in [0.5, 0.6) is 0 Å². The van der Waals surface area contributed by atoms with Gasteiger partial charge in [-0.25, -0.2) is 0 Å². The van der Waals surface area contributed by atoms with Gasteiger partial charge in [0.1, 0.15) is 5.69 Å². The van der Waals surface area contributed by atoms with E-state index in [1.165, 1.54) is 6.07 Å². The van der Waals surface area contributed by atoms with E-state index in [2.05, 4.69) is 0 Å². The second kappa shape index (κ2) is 5.54. The molecule has 0 aromatic heterocycles. The van der Waals surface area contributed by atoms with E-state index in [0.717, 1.165) is 6.42 Å².